The van der Waals surface area contributed by atoms with Crippen LogP contribution in [0.1, 0.15) is 73.6 Å². The molecule has 0 amide bonds. The predicted octanol–water partition coefficient (Wildman–Crippen LogP) is 8.38. The average molecular weight is 647 g/mol. The Bertz CT molecular complexity index is 1590. The second kappa shape index (κ2) is 15.4. The molecule has 0 radical (unpaired) electrons. The highest BCUT2D eigenvalue weighted by molar-refractivity contribution is 5.68. The lowest BCUT2D eigenvalue weighted by atomic mass is 9.85. The smallest absolute Gasteiger partial charge is 0.170 e. The molecule has 5 N–H and O–H groups in total. The van der Waals surface area contributed by atoms with Crippen LogP contribution in [-0.4, -0.2) is 44.3 Å². The van der Waals surface area contributed by atoms with E-state index in [9.17, 15) is 25.5 Å². The molecule has 0 fully saturated rings. The molecule has 3 aromatic carbocycles. The first-order valence-electron chi connectivity index (χ1n) is 15.9. The van der Waals surface area contributed by atoms with E-state index in [1.54, 1.807) is 38.1 Å². The number of phenolic OH excluding ortho intramolecular Hbond substituents is 4. The molecule has 0 saturated heterocycles. The molecule has 0 bridgehead atoms. The van der Waals surface area contributed by atoms with Crippen molar-refractivity contribution in [3.8, 4) is 28.7 Å². The van der Waals surface area contributed by atoms with Crippen LogP contribution in [0.15, 0.2) is 56.1 Å². The van der Waals surface area contributed by atoms with E-state index in [2.05, 4.69) is 19.7 Å². The minimum absolute atomic E-state index is 0.0593. The third-order valence-electron chi connectivity index (χ3n) is 8.78. The fraction of sp³-hybridized carbons (Fsp3) is 0.385. The largest absolute Gasteiger partial charge is 0.508 e. The zero-order valence-electron chi connectivity index (χ0n) is 28.8. The Morgan fingerprint density at radius 2 is 1.23 bits per heavy atom. The molecule has 0 heterocycles. The molecule has 8 heteroatoms. The number of aromatic hydroxyl groups is 4. The van der Waals surface area contributed by atoms with Gasteiger partial charge in [0.1, 0.15) is 29.1 Å². The maximum atomic E-state index is 11.5. The van der Waals surface area contributed by atoms with Gasteiger partial charge in [0, 0.05) is 16.7 Å². The first kappa shape index (κ1) is 36.9. The van der Waals surface area contributed by atoms with Crippen LogP contribution in [0, 0.1) is 38.5 Å². The van der Waals surface area contributed by atoms with Crippen LogP contribution in [0.4, 0.5) is 0 Å². The zero-order chi connectivity index (χ0) is 35.3. The van der Waals surface area contributed by atoms with E-state index in [0.29, 0.717) is 45.8 Å². The van der Waals surface area contributed by atoms with E-state index >= 15 is 0 Å². The normalized spacial score (nSPS) is 13.8. The highest BCUT2D eigenvalue weighted by Crippen LogP contribution is 2.38. The third kappa shape index (κ3) is 8.63. The van der Waals surface area contributed by atoms with Gasteiger partial charge in [0.05, 0.1) is 12.7 Å². The first-order chi connectivity index (χ1) is 22.0. The summed E-state index contributed by atoms with van der Waals surface area (Å²) in [5.41, 5.74) is 4.51. The second-order valence-electron chi connectivity index (χ2n) is 12.8. The van der Waals surface area contributed by atoms with E-state index < -0.39 is 12.2 Å². The Kier molecular flexibility index (Phi) is 12.1. The van der Waals surface area contributed by atoms with Crippen molar-refractivity contribution in [2.45, 2.75) is 74.0 Å². The first-order valence-corrected chi connectivity index (χ1v) is 15.9. The lowest BCUT2D eigenvalue weighted by Gasteiger charge is -2.34. The molecule has 4 atom stereocenters. The van der Waals surface area contributed by atoms with Crippen molar-refractivity contribution in [2.75, 3.05) is 6.61 Å². The van der Waals surface area contributed by atoms with Crippen molar-refractivity contribution in [3.63, 3.8) is 0 Å². The van der Waals surface area contributed by atoms with E-state index in [1.807, 2.05) is 47.6 Å². The highest BCUT2D eigenvalue weighted by atomic mass is 16.5. The van der Waals surface area contributed by atoms with Crippen LogP contribution in [0.5, 0.6) is 28.7 Å². The topological polar surface area (TPSA) is 129 Å². The standard InChI is InChI=1S/C39H50O8/c1-12-32-21(4)13-30(16-33(32)40)27(10)46-35-18-31(15-23(6)37(35)43)28(11)47-39(20(2)3)38(44)25(8)24(7)19-45-26(9)29-14-22(5)36(42)34(41)17-29/h13-18,20,24-25,38-44H,9-12,19H2,1-8H3/t24-,25-,38+,39?/m1/s1. The van der Waals surface area contributed by atoms with Crippen LogP contribution < -0.4 is 4.74 Å². The van der Waals surface area contributed by atoms with Crippen LogP contribution in [-0.2, 0) is 15.9 Å². The Morgan fingerprint density at radius 3 is 1.79 bits per heavy atom. The monoisotopic (exact) mass is 646 g/mol. The van der Waals surface area contributed by atoms with E-state index in [0.717, 1.165) is 11.1 Å². The summed E-state index contributed by atoms with van der Waals surface area (Å²) in [6.45, 7) is 27.5. The predicted molar refractivity (Wildman–Crippen MR) is 187 cm³/mol. The summed E-state index contributed by atoms with van der Waals surface area (Å²) in [5.74, 6) is 0.292. The number of aryl methyl sites for hydroxylation is 3. The summed E-state index contributed by atoms with van der Waals surface area (Å²) >= 11 is 0. The van der Waals surface area contributed by atoms with Gasteiger partial charge in [0.2, 0.25) is 0 Å². The summed E-state index contributed by atoms with van der Waals surface area (Å²) in [6.07, 6.45) is -0.805. The molecule has 3 aromatic rings. The van der Waals surface area contributed by atoms with Gasteiger partial charge in [-0.3, -0.25) is 0 Å². The summed E-state index contributed by atoms with van der Waals surface area (Å²) in [6, 6.07) is 9.91. The van der Waals surface area contributed by atoms with Gasteiger partial charge in [-0.15, -0.1) is 0 Å². The summed E-state index contributed by atoms with van der Waals surface area (Å²) in [4.78, 5) is 0. The van der Waals surface area contributed by atoms with Crippen LogP contribution in [0.25, 0.3) is 17.3 Å². The van der Waals surface area contributed by atoms with Crippen LogP contribution in [0.2, 0.25) is 0 Å². The third-order valence-corrected chi connectivity index (χ3v) is 8.78. The van der Waals surface area contributed by atoms with Gasteiger partial charge in [0.25, 0.3) is 0 Å². The number of rotatable bonds is 15. The van der Waals surface area contributed by atoms with E-state index in [4.69, 9.17) is 14.2 Å². The van der Waals surface area contributed by atoms with Gasteiger partial charge < -0.3 is 39.7 Å². The molecule has 1 unspecified atom stereocenters. The lowest BCUT2D eigenvalue weighted by molar-refractivity contribution is -0.0518. The molecule has 3 rings (SSSR count). The number of benzene rings is 3. The Morgan fingerprint density at radius 1 is 0.702 bits per heavy atom. The van der Waals surface area contributed by atoms with Crippen molar-refractivity contribution in [1.29, 1.82) is 0 Å². The maximum Gasteiger partial charge on any atom is 0.170 e. The molecule has 0 aromatic heterocycles. The molecule has 8 nitrogen and oxygen atoms in total. The van der Waals surface area contributed by atoms with Gasteiger partial charge in [-0.05, 0) is 104 Å². The van der Waals surface area contributed by atoms with E-state index in [1.165, 1.54) is 6.07 Å². The van der Waals surface area contributed by atoms with Gasteiger partial charge in [-0.2, -0.15) is 0 Å². The zero-order valence-corrected chi connectivity index (χ0v) is 28.8. The van der Waals surface area contributed by atoms with Gasteiger partial charge in [0.15, 0.2) is 23.0 Å². The molecule has 0 spiro atoms. The minimum atomic E-state index is -0.880. The van der Waals surface area contributed by atoms with Crippen molar-refractivity contribution in [3.05, 3.63) is 95.1 Å². The molecule has 47 heavy (non-hydrogen) atoms. The number of ether oxygens (including phenoxy) is 3. The van der Waals surface area contributed by atoms with Crippen molar-refractivity contribution < 1.29 is 39.7 Å². The molecular weight excluding hydrogens is 596 g/mol. The molecule has 254 valence electrons. The summed E-state index contributed by atoms with van der Waals surface area (Å²) < 4.78 is 18.2. The SMILES string of the molecule is C=C(OC[C@@H](C)[C@@H](C)[C@H](O)C(OC(=C)c1cc(C)c(O)c(OC(=C)c2cc(C)c(CC)c(O)c2)c1)C(C)C)c1cc(C)c(O)c(O)c1. The van der Waals surface area contributed by atoms with Crippen molar-refractivity contribution >= 4 is 17.3 Å². The number of aliphatic hydroxyl groups excluding tert-OH is 1. The summed E-state index contributed by atoms with van der Waals surface area (Å²) in [7, 11) is 0. The fourth-order valence-electron chi connectivity index (χ4n) is 5.45. The Balaban J connectivity index is 1.73. The van der Waals surface area contributed by atoms with Crippen LogP contribution in [0.3, 0.4) is 0 Å². The van der Waals surface area contributed by atoms with Gasteiger partial charge >= 0.3 is 0 Å². The quantitative estimate of drug-likeness (QED) is 0.0823. The Labute approximate surface area is 278 Å². The second-order valence-corrected chi connectivity index (χ2v) is 12.8. The molecule has 0 saturated carbocycles. The highest BCUT2D eigenvalue weighted by Gasteiger charge is 2.33. The van der Waals surface area contributed by atoms with Crippen LogP contribution >= 0.6 is 0 Å². The number of aliphatic hydroxyl groups is 1. The number of hydrogen-bond donors (Lipinski definition) is 5. The Hall–Kier alpha value is -4.56. The molecule has 0 aliphatic heterocycles. The summed E-state index contributed by atoms with van der Waals surface area (Å²) in [5, 5.41) is 52.6. The van der Waals surface area contributed by atoms with Gasteiger partial charge in [-0.1, -0.05) is 54.4 Å². The van der Waals surface area contributed by atoms with E-state index in [-0.39, 0.29) is 58.9 Å². The number of hydrogen-bond acceptors (Lipinski definition) is 8. The molecular formula is C39H50O8. The number of phenols is 4. The van der Waals surface area contributed by atoms with Gasteiger partial charge in [-0.25, -0.2) is 0 Å². The fourth-order valence-corrected chi connectivity index (χ4v) is 5.45. The minimum Gasteiger partial charge on any atom is -0.508 e. The van der Waals surface area contributed by atoms with Crippen molar-refractivity contribution in [2.24, 2.45) is 17.8 Å². The van der Waals surface area contributed by atoms with Crippen molar-refractivity contribution in [1.82, 2.24) is 0 Å². The maximum absolute atomic E-state index is 11.5. The molecule has 0 aliphatic carbocycles. The average Bonchev–Trinajstić information content (AvgIpc) is 3.01. The lowest BCUT2D eigenvalue weighted by Crippen LogP contribution is -2.41. The molecule has 0 aliphatic rings.